The highest BCUT2D eigenvalue weighted by Crippen LogP contribution is 2.37. The summed E-state index contributed by atoms with van der Waals surface area (Å²) in [6, 6.07) is 0. The summed E-state index contributed by atoms with van der Waals surface area (Å²) in [5.74, 6) is 2.48. The van der Waals surface area contributed by atoms with Crippen LogP contribution in [0, 0.1) is 6.92 Å². The third-order valence-corrected chi connectivity index (χ3v) is 3.05. The number of rotatable bonds is 1. The van der Waals surface area contributed by atoms with Gasteiger partial charge in [0.15, 0.2) is 0 Å². The van der Waals surface area contributed by atoms with Gasteiger partial charge in [0, 0.05) is 17.9 Å². The van der Waals surface area contributed by atoms with Gasteiger partial charge in [0.25, 0.3) is 0 Å². The molecule has 78 valence electrons. The van der Waals surface area contributed by atoms with E-state index in [1.807, 2.05) is 0 Å². The molecule has 0 unspecified atom stereocenters. The van der Waals surface area contributed by atoms with Gasteiger partial charge >= 0.3 is 0 Å². The number of hydrogen-bond acceptors (Lipinski definition) is 2. The first kappa shape index (κ1) is 9.78. The molecule has 2 heteroatoms. The Morgan fingerprint density at radius 3 is 2.71 bits per heavy atom. The number of hydrogen-bond donors (Lipinski definition) is 1. The Hall–Kier alpha value is -0.760. The molecule has 1 N–H and O–H groups in total. The largest absolute Gasteiger partial charge is 0.465 e. The van der Waals surface area contributed by atoms with Gasteiger partial charge in [-0.1, -0.05) is 13.8 Å². The van der Waals surface area contributed by atoms with Gasteiger partial charge in [0.2, 0.25) is 0 Å². The zero-order valence-electron chi connectivity index (χ0n) is 9.13. The smallest absolute Gasteiger partial charge is 0.110 e. The second-order valence-corrected chi connectivity index (χ2v) is 4.49. The standard InChI is InChI=1S/C12H18O2/c1-7(2)12-8(3)11-9(13)5-4-6-10(11)14-12/h7,9,13H,4-6H2,1-3H3/t9-/m1/s1. The van der Waals surface area contributed by atoms with Crippen molar-refractivity contribution in [3.63, 3.8) is 0 Å². The van der Waals surface area contributed by atoms with Crippen molar-refractivity contribution in [2.75, 3.05) is 0 Å². The van der Waals surface area contributed by atoms with Crippen molar-refractivity contribution < 1.29 is 9.52 Å². The van der Waals surface area contributed by atoms with Crippen LogP contribution in [0.1, 0.15) is 61.4 Å². The molecular weight excluding hydrogens is 176 g/mol. The molecule has 1 aliphatic carbocycles. The van der Waals surface area contributed by atoms with Gasteiger partial charge in [0.05, 0.1) is 6.10 Å². The van der Waals surface area contributed by atoms with Crippen LogP contribution in [0.3, 0.4) is 0 Å². The van der Waals surface area contributed by atoms with Crippen LogP contribution in [-0.4, -0.2) is 5.11 Å². The molecule has 0 aliphatic heterocycles. The van der Waals surface area contributed by atoms with E-state index >= 15 is 0 Å². The van der Waals surface area contributed by atoms with Crippen molar-refractivity contribution in [1.82, 2.24) is 0 Å². The highest BCUT2D eigenvalue weighted by atomic mass is 16.3. The average Bonchev–Trinajstić information content (AvgIpc) is 2.45. The Balaban J connectivity index is 2.49. The van der Waals surface area contributed by atoms with Crippen LogP contribution in [0.25, 0.3) is 0 Å². The van der Waals surface area contributed by atoms with Crippen molar-refractivity contribution >= 4 is 0 Å². The molecule has 0 bridgehead atoms. The first-order chi connectivity index (χ1) is 6.61. The predicted octanol–water partition coefficient (Wildman–Crippen LogP) is 3.08. The molecule has 1 heterocycles. The number of fused-ring (bicyclic) bond motifs is 1. The van der Waals surface area contributed by atoms with Gasteiger partial charge in [-0.3, -0.25) is 0 Å². The molecular formula is C12H18O2. The lowest BCUT2D eigenvalue weighted by atomic mass is 9.91. The van der Waals surface area contributed by atoms with E-state index in [4.69, 9.17) is 4.42 Å². The highest BCUT2D eigenvalue weighted by molar-refractivity contribution is 5.37. The monoisotopic (exact) mass is 194 g/mol. The maximum Gasteiger partial charge on any atom is 0.110 e. The quantitative estimate of drug-likeness (QED) is 0.745. The van der Waals surface area contributed by atoms with Crippen LogP contribution in [-0.2, 0) is 6.42 Å². The molecule has 2 rings (SSSR count). The van der Waals surface area contributed by atoms with Crippen molar-refractivity contribution in [3.05, 3.63) is 22.6 Å². The fourth-order valence-corrected chi connectivity index (χ4v) is 2.38. The minimum absolute atomic E-state index is 0.296. The van der Waals surface area contributed by atoms with Crippen molar-refractivity contribution in [1.29, 1.82) is 0 Å². The van der Waals surface area contributed by atoms with E-state index in [1.165, 1.54) is 5.56 Å². The summed E-state index contributed by atoms with van der Waals surface area (Å²) in [5.41, 5.74) is 2.24. The molecule has 0 saturated carbocycles. The minimum atomic E-state index is -0.296. The van der Waals surface area contributed by atoms with E-state index in [0.29, 0.717) is 5.92 Å². The summed E-state index contributed by atoms with van der Waals surface area (Å²) in [6.45, 7) is 6.32. The normalized spacial score (nSPS) is 21.4. The first-order valence-electron chi connectivity index (χ1n) is 5.41. The van der Waals surface area contributed by atoms with Gasteiger partial charge in [-0.15, -0.1) is 0 Å². The summed E-state index contributed by atoms with van der Waals surface area (Å²) >= 11 is 0. The van der Waals surface area contributed by atoms with Crippen LogP contribution in [0.5, 0.6) is 0 Å². The molecule has 0 radical (unpaired) electrons. The van der Waals surface area contributed by atoms with Crippen molar-refractivity contribution in [2.24, 2.45) is 0 Å². The number of furan rings is 1. The second kappa shape index (κ2) is 3.43. The van der Waals surface area contributed by atoms with E-state index in [2.05, 4.69) is 20.8 Å². The molecule has 2 nitrogen and oxygen atoms in total. The summed E-state index contributed by atoms with van der Waals surface area (Å²) in [7, 11) is 0. The van der Waals surface area contributed by atoms with Crippen LogP contribution in [0.2, 0.25) is 0 Å². The molecule has 0 saturated heterocycles. The number of aryl methyl sites for hydroxylation is 1. The Morgan fingerprint density at radius 2 is 2.14 bits per heavy atom. The minimum Gasteiger partial charge on any atom is -0.465 e. The van der Waals surface area contributed by atoms with Gasteiger partial charge in [-0.2, -0.15) is 0 Å². The Bertz CT molecular complexity index is 336. The molecule has 0 aromatic carbocycles. The van der Waals surface area contributed by atoms with Gasteiger partial charge in [-0.25, -0.2) is 0 Å². The molecule has 1 aliphatic rings. The maximum absolute atomic E-state index is 9.88. The molecule has 0 spiro atoms. The molecule has 1 aromatic rings. The van der Waals surface area contributed by atoms with Gasteiger partial charge < -0.3 is 9.52 Å². The third kappa shape index (κ3) is 1.38. The fraction of sp³-hybridized carbons (Fsp3) is 0.667. The zero-order chi connectivity index (χ0) is 10.3. The van der Waals surface area contributed by atoms with E-state index in [9.17, 15) is 5.11 Å². The van der Waals surface area contributed by atoms with E-state index in [0.717, 1.165) is 36.3 Å². The summed E-state index contributed by atoms with van der Waals surface area (Å²) in [5, 5.41) is 9.88. The number of aliphatic hydroxyl groups is 1. The Morgan fingerprint density at radius 1 is 1.43 bits per heavy atom. The molecule has 14 heavy (non-hydrogen) atoms. The lowest BCUT2D eigenvalue weighted by molar-refractivity contribution is 0.152. The van der Waals surface area contributed by atoms with Crippen molar-refractivity contribution in [2.45, 2.75) is 52.1 Å². The first-order valence-corrected chi connectivity index (χ1v) is 5.41. The number of aliphatic hydroxyl groups excluding tert-OH is 1. The molecule has 1 atom stereocenters. The highest BCUT2D eigenvalue weighted by Gasteiger charge is 2.26. The van der Waals surface area contributed by atoms with Crippen LogP contribution < -0.4 is 0 Å². The average molecular weight is 194 g/mol. The second-order valence-electron chi connectivity index (χ2n) is 4.49. The van der Waals surface area contributed by atoms with E-state index in [-0.39, 0.29) is 6.10 Å². The zero-order valence-corrected chi connectivity index (χ0v) is 9.13. The van der Waals surface area contributed by atoms with Crippen molar-refractivity contribution in [3.8, 4) is 0 Å². The fourth-order valence-electron chi connectivity index (χ4n) is 2.38. The Labute approximate surface area is 84.9 Å². The lowest BCUT2D eigenvalue weighted by Crippen LogP contribution is -2.07. The summed E-state index contributed by atoms with van der Waals surface area (Å²) < 4.78 is 5.81. The summed E-state index contributed by atoms with van der Waals surface area (Å²) in [6.07, 6.45) is 2.61. The molecule has 1 aromatic heterocycles. The van der Waals surface area contributed by atoms with Crippen LogP contribution in [0.15, 0.2) is 4.42 Å². The Kier molecular flexibility index (Phi) is 2.40. The van der Waals surface area contributed by atoms with E-state index < -0.39 is 0 Å². The van der Waals surface area contributed by atoms with Crippen LogP contribution in [0.4, 0.5) is 0 Å². The molecule has 0 fully saturated rings. The van der Waals surface area contributed by atoms with Gasteiger partial charge in [0.1, 0.15) is 11.5 Å². The topological polar surface area (TPSA) is 33.4 Å². The van der Waals surface area contributed by atoms with E-state index in [1.54, 1.807) is 0 Å². The summed E-state index contributed by atoms with van der Waals surface area (Å²) in [4.78, 5) is 0. The SMILES string of the molecule is Cc1c(C(C)C)oc2c1[C@H](O)CCC2. The maximum atomic E-state index is 9.88. The predicted molar refractivity (Wildman–Crippen MR) is 55.4 cm³/mol. The van der Waals surface area contributed by atoms with Crippen LogP contribution >= 0.6 is 0 Å². The lowest BCUT2D eigenvalue weighted by Gasteiger charge is -2.16. The molecule has 0 amide bonds. The third-order valence-electron chi connectivity index (χ3n) is 3.05. The van der Waals surface area contributed by atoms with Gasteiger partial charge in [-0.05, 0) is 25.3 Å².